The van der Waals surface area contributed by atoms with Crippen molar-refractivity contribution in [3.63, 3.8) is 0 Å². The van der Waals surface area contributed by atoms with Crippen LogP contribution in [0.15, 0.2) is 32.1 Å². The average molecular weight is 332 g/mol. The maximum absolute atomic E-state index is 4.46. The van der Waals surface area contributed by atoms with Gasteiger partial charge in [-0.1, -0.05) is 15.9 Å². The summed E-state index contributed by atoms with van der Waals surface area (Å²) < 4.78 is 2.14. The Bertz CT molecular complexity index is 388. The fourth-order valence-electron chi connectivity index (χ4n) is 1.55. The van der Waals surface area contributed by atoms with Crippen LogP contribution in [0.25, 0.3) is 0 Å². The van der Waals surface area contributed by atoms with Crippen molar-refractivity contribution >= 4 is 43.4 Å². The largest absolute Gasteiger partial charge is 0.343 e. The number of anilines is 1. The molecule has 1 heterocycles. The van der Waals surface area contributed by atoms with E-state index in [2.05, 4.69) is 48.2 Å². The molecular weight excluding hydrogens is 320 g/mol. The molecule has 0 atom stereocenters. The van der Waals surface area contributed by atoms with Gasteiger partial charge in [-0.05, 0) is 47.0 Å². The molecule has 0 saturated heterocycles. The van der Waals surface area contributed by atoms with Gasteiger partial charge in [0.05, 0.1) is 5.69 Å². The van der Waals surface area contributed by atoms with E-state index >= 15 is 0 Å². The zero-order valence-corrected chi connectivity index (χ0v) is 11.4. The molecule has 1 aliphatic heterocycles. The average Bonchev–Trinajstić information content (AvgIpc) is 2.25. The van der Waals surface area contributed by atoms with Crippen molar-refractivity contribution in [2.45, 2.75) is 19.3 Å². The summed E-state index contributed by atoms with van der Waals surface area (Å²) in [7, 11) is 0. The van der Waals surface area contributed by atoms with Crippen molar-refractivity contribution in [1.82, 2.24) is 0 Å². The summed E-state index contributed by atoms with van der Waals surface area (Å²) in [5, 5.41) is 3.36. The number of nitrogens with zero attached hydrogens (tertiary/aromatic N) is 1. The smallest absolute Gasteiger partial charge is 0.101 e. The van der Waals surface area contributed by atoms with Crippen LogP contribution in [0.1, 0.15) is 19.3 Å². The molecule has 0 amide bonds. The first-order valence-electron chi connectivity index (χ1n) is 5.01. The Morgan fingerprint density at radius 1 is 1.20 bits per heavy atom. The Labute approximate surface area is 106 Å². The predicted octanol–water partition coefficient (Wildman–Crippen LogP) is 4.21. The first-order valence-corrected chi connectivity index (χ1v) is 6.60. The molecule has 0 aliphatic carbocycles. The second-order valence-electron chi connectivity index (χ2n) is 3.53. The fourth-order valence-corrected chi connectivity index (χ4v) is 2.25. The highest BCUT2D eigenvalue weighted by Gasteiger charge is 2.07. The van der Waals surface area contributed by atoms with Crippen molar-refractivity contribution in [1.29, 1.82) is 0 Å². The molecule has 1 aromatic carbocycles. The highest BCUT2D eigenvalue weighted by atomic mass is 79.9. The van der Waals surface area contributed by atoms with Crippen molar-refractivity contribution in [3.05, 3.63) is 27.1 Å². The van der Waals surface area contributed by atoms with Crippen LogP contribution in [0.2, 0.25) is 0 Å². The van der Waals surface area contributed by atoms with E-state index in [-0.39, 0.29) is 0 Å². The molecule has 0 radical (unpaired) electrons. The van der Waals surface area contributed by atoms with Crippen LogP contribution in [0.5, 0.6) is 0 Å². The lowest BCUT2D eigenvalue weighted by molar-refractivity contribution is 0.737. The molecule has 0 fully saturated rings. The summed E-state index contributed by atoms with van der Waals surface area (Å²) >= 11 is 6.98. The number of benzene rings is 1. The highest BCUT2D eigenvalue weighted by molar-refractivity contribution is 9.11. The van der Waals surface area contributed by atoms with Gasteiger partial charge in [0.15, 0.2) is 0 Å². The van der Waals surface area contributed by atoms with Gasteiger partial charge in [0.1, 0.15) is 5.84 Å². The monoisotopic (exact) mass is 330 g/mol. The number of halogens is 2. The van der Waals surface area contributed by atoms with Crippen molar-refractivity contribution < 1.29 is 0 Å². The zero-order valence-electron chi connectivity index (χ0n) is 8.26. The lowest BCUT2D eigenvalue weighted by Gasteiger charge is -2.15. The van der Waals surface area contributed by atoms with E-state index in [1.165, 1.54) is 12.8 Å². The molecule has 15 heavy (non-hydrogen) atoms. The number of amidine groups is 1. The third-order valence-electron chi connectivity index (χ3n) is 2.33. The first-order chi connectivity index (χ1) is 7.25. The summed E-state index contributed by atoms with van der Waals surface area (Å²) in [5.74, 6) is 1.10. The molecule has 1 N–H and O–H groups in total. The Hall–Kier alpha value is -0.350. The van der Waals surface area contributed by atoms with E-state index in [9.17, 15) is 0 Å². The topological polar surface area (TPSA) is 24.4 Å². The maximum atomic E-state index is 4.46. The number of aliphatic imine (C=N–C) groups is 1. The quantitative estimate of drug-likeness (QED) is 0.819. The van der Waals surface area contributed by atoms with Crippen LogP contribution in [0.3, 0.4) is 0 Å². The van der Waals surface area contributed by atoms with Crippen LogP contribution in [-0.2, 0) is 0 Å². The van der Waals surface area contributed by atoms with Gasteiger partial charge < -0.3 is 5.32 Å². The van der Waals surface area contributed by atoms with Crippen LogP contribution in [0, 0.1) is 0 Å². The highest BCUT2D eigenvalue weighted by Crippen LogP contribution is 2.26. The molecule has 4 heteroatoms. The minimum atomic E-state index is 0.952. The molecular formula is C11H12Br2N2. The summed E-state index contributed by atoms with van der Waals surface area (Å²) in [4.78, 5) is 4.46. The standard InChI is InChI=1S/C11H12Br2N2/c12-8-4-5-9(13)10(7-8)15-11-3-1-2-6-14-11/h4-5,7H,1-3,6H2,(H,14,15). The second kappa shape index (κ2) is 5.12. The van der Waals surface area contributed by atoms with E-state index in [1.807, 2.05) is 12.1 Å². The Balaban J connectivity index is 2.15. The van der Waals surface area contributed by atoms with Crippen molar-refractivity contribution in [2.75, 3.05) is 11.9 Å². The first kappa shape index (κ1) is 11.1. The van der Waals surface area contributed by atoms with Crippen LogP contribution < -0.4 is 5.32 Å². The lowest BCUT2D eigenvalue weighted by Crippen LogP contribution is -2.16. The van der Waals surface area contributed by atoms with Crippen LogP contribution >= 0.6 is 31.9 Å². The van der Waals surface area contributed by atoms with Gasteiger partial charge in [-0.25, -0.2) is 0 Å². The van der Waals surface area contributed by atoms with Crippen LogP contribution in [-0.4, -0.2) is 12.4 Å². The van der Waals surface area contributed by atoms with Gasteiger partial charge in [0.2, 0.25) is 0 Å². The number of hydrogen-bond donors (Lipinski definition) is 1. The fraction of sp³-hybridized carbons (Fsp3) is 0.364. The number of rotatable bonds is 1. The van der Waals surface area contributed by atoms with Gasteiger partial charge in [-0.3, -0.25) is 4.99 Å². The second-order valence-corrected chi connectivity index (χ2v) is 5.30. The lowest BCUT2D eigenvalue weighted by atomic mass is 10.2. The van der Waals surface area contributed by atoms with E-state index < -0.39 is 0 Å². The third-order valence-corrected chi connectivity index (χ3v) is 3.52. The van der Waals surface area contributed by atoms with Crippen molar-refractivity contribution in [3.8, 4) is 0 Å². The summed E-state index contributed by atoms with van der Waals surface area (Å²) in [6, 6.07) is 6.09. The number of hydrogen-bond acceptors (Lipinski definition) is 2. The summed E-state index contributed by atoms with van der Waals surface area (Å²) in [6.07, 6.45) is 3.50. The Kier molecular flexibility index (Phi) is 3.81. The van der Waals surface area contributed by atoms with Gasteiger partial charge in [-0.2, -0.15) is 0 Å². The molecule has 0 bridgehead atoms. The van der Waals surface area contributed by atoms with E-state index in [0.29, 0.717) is 0 Å². The van der Waals surface area contributed by atoms with Gasteiger partial charge >= 0.3 is 0 Å². The Morgan fingerprint density at radius 3 is 2.80 bits per heavy atom. The van der Waals surface area contributed by atoms with E-state index in [1.54, 1.807) is 0 Å². The molecule has 0 saturated carbocycles. The minimum absolute atomic E-state index is 0.952. The zero-order chi connectivity index (χ0) is 10.7. The van der Waals surface area contributed by atoms with Gasteiger partial charge in [0.25, 0.3) is 0 Å². The third kappa shape index (κ3) is 3.05. The Morgan fingerprint density at radius 2 is 2.07 bits per heavy atom. The van der Waals surface area contributed by atoms with Gasteiger partial charge in [0, 0.05) is 21.9 Å². The van der Waals surface area contributed by atoms with Crippen LogP contribution in [0.4, 0.5) is 5.69 Å². The molecule has 2 nitrogen and oxygen atoms in total. The van der Waals surface area contributed by atoms with E-state index in [4.69, 9.17) is 0 Å². The normalized spacial score (nSPS) is 16.0. The summed E-state index contributed by atoms with van der Waals surface area (Å²) in [6.45, 7) is 0.952. The van der Waals surface area contributed by atoms with Crippen molar-refractivity contribution in [2.24, 2.45) is 4.99 Å². The molecule has 1 aromatic rings. The molecule has 0 unspecified atom stereocenters. The van der Waals surface area contributed by atoms with Gasteiger partial charge in [-0.15, -0.1) is 0 Å². The molecule has 80 valence electrons. The number of nitrogens with one attached hydrogen (secondary N) is 1. The minimum Gasteiger partial charge on any atom is -0.343 e. The molecule has 0 aromatic heterocycles. The van der Waals surface area contributed by atoms with E-state index in [0.717, 1.165) is 33.4 Å². The summed E-state index contributed by atoms with van der Waals surface area (Å²) in [5.41, 5.74) is 1.07. The maximum Gasteiger partial charge on any atom is 0.101 e. The molecule has 1 aliphatic rings. The molecule has 2 rings (SSSR count). The SMILES string of the molecule is Brc1ccc(Br)c(NC2=NCCCC2)c1. The molecule has 0 spiro atoms. The predicted molar refractivity (Wildman–Crippen MR) is 71.6 cm³/mol.